The monoisotopic (exact) mass is 220 g/mol. The molecule has 0 fully saturated rings. The molecular formula is C12H16N2O2. The Labute approximate surface area is 94.8 Å². The third-order valence-electron chi connectivity index (χ3n) is 2.19. The first-order chi connectivity index (χ1) is 7.65. The van der Waals surface area contributed by atoms with Crippen LogP contribution in [-0.2, 0) is 0 Å². The van der Waals surface area contributed by atoms with Gasteiger partial charge < -0.3 is 16.2 Å². The molecule has 0 atom stereocenters. The third-order valence-corrected chi connectivity index (χ3v) is 2.19. The number of hydrogen-bond donors (Lipinski definition) is 3. The van der Waals surface area contributed by atoms with Crippen LogP contribution in [0.2, 0.25) is 0 Å². The molecule has 0 amide bonds. The SMILES string of the molecule is CNCCC=Cc1cc(C(=O)O)ccc1N. The van der Waals surface area contributed by atoms with Crippen molar-refractivity contribution in [3.8, 4) is 0 Å². The minimum Gasteiger partial charge on any atom is -0.478 e. The maximum absolute atomic E-state index is 10.8. The largest absolute Gasteiger partial charge is 0.478 e. The molecule has 0 bridgehead atoms. The van der Waals surface area contributed by atoms with Gasteiger partial charge in [-0.3, -0.25) is 0 Å². The van der Waals surface area contributed by atoms with Gasteiger partial charge in [0.1, 0.15) is 0 Å². The van der Waals surface area contributed by atoms with Gasteiger partial charge in [-0.1, -0.05) is 12.2 Å². The van der Waals surface area contributed by atoms with E-state index in [2.05, 4.69) is 5.32 Å². The maximum atomic E-state index is 10.8. The molecule has 0 aliphatic heterocycles. The van der Waals surface area contributed by atoms with Crippen LogP contribution >= 0.6 is 0 Å². The Morgan fingerprint density at radius 2 is 2.31 bits per heavy atom. The van der Waals surface area contributed by atoms with Crippen LogP contribution in [0, 0.1) is 0 Å². The van der Waals surface area contributed by atoms with Crippen LogP contribution in [0.25, 0.3) is 6.08 Å². The van der Waals surface area contributed by atoms with E-state index in [9.17, 15) is 4.79 Å². The summed E-state index contributed by atoms with van der Waals surface area (Å²) in [5.41, 5.74) is 7.33. The second-order valence-corrected chi connectivity index (χ2v) is 3.44. The maximum Gasteiger partial charge on any atom is 0.335 e. The lowest BCUT2D eigenvalue weighted by Gasteiger charge is -2.02. The lowest BCUT2D eigenvalue weighted by Crippen LogP contribution is -2.05. The quantitative estimate of drug-likeness (QED) is 0.520. The first kappa shape index (κ1) is 12.3. The average molecular weight is 220 g/mol. The molecule has 4 N–H and O–H groups in total. The second kappa shape index (κ2) is 5.92. The standard InChI is InChI=1S/C12H16N2O2/c1-14-7-3-2-4-9-8-10(12(15)16)5-6-11(9)13/h2,4-6,8,14H,3,7,13H2,1H3,(H,15,16). The van der Waals surface area contributed by atoms with Crippen LogP contribution in [0.4, 0.5) is 5.69 Å². The first-order valence-corrected chi connectivity index (χ1v) is 5.09. The van der Waals surface area contributed by atoms with Crippen LogP contribution in [0.5, 0.6) is 0 Å². The Morgan fingerprint density at radius 1 is 1.56 bits per heavy atom. The van der Waals surface area contributed by atoms with Gasteiger partial charge in [0.2, 0.25) is 0 Å². The molecular weight excluding hydrogens is 204 g/mol. The Kier molecular flexibility index (Phi) is 4.54. The van der Waals surface area contributed by atoms with Crippen molar-refractivity contribution < 1.29 is 9.90 Å². The Morgan fingerprint density at radius 3 is 2.94 bits per heavy atom. The molecule has 0 saturated carbocycles. The molecule has 1 aromatic rings. The highest BCUT2D eigenvalue weighted by Crippen LogP contribution is 2.16. The Balaban J connectivity index is 2.82. The van der Waals surface area contributed by atoms with Gasteiger partial charge in [-0.05, 0) is 43.8 Å². The normalized spacial score (nSPS) is 10.8. The van der Waals surface area contributed by atoms with Crippen LogP contribution in [0.3, 0.4) is 0 Å². The predicted octanol–water partition coefficient (Wildman–Crippen LogP) is 1.59. The summed E-state index contributed by atoms with van der Waals surface area (Å²) in [7, 11) is 1.88. The number of carboxylic acids is 1. The fraction of sp³-hybridized carbons (Fsp3) is 0.250. The summed E-state index contributed by atoms with van der Waals surface area (Å²) in [5.74, 6) is -0.940. The van der Waals surface area contributed by atoms with Gasteiger partial charge in [0.05, 0.1) is 5.56 Å². The molecule has 1 aromatic carbocycles. The number of anilines is 1. The molecule has 0 spiro atoms. The number of carboxylic acid groups (broad SMARTS) is 1. The summed E-state index contributed by atoms with van der Waals surface area (Å²) < 4.78 is 0. The molecule has 0 unspecified atom stereocenters. The van der Waals surface area contributed by atoms with Gasteiger partial charge in [0.25, 0.3) is 0 Å². The van der Waals surface area contributed by atoms with E-state index in [0.29, 0.717) is 5.69 Å². The van der Waals surface area contributed by atoms with E-state index in [1.165, 1.54) is 6.07 Å². The number of benzene rings is 1. The van der Waals surface area contributed by atoms with E-state index in [1.807, 2.05) is 19.2 Å². The molecule has 0 aromatic heterocycles. The van der Waals surface area contributed by atoms with Crippen LogP contribution in [-0.4, -0.2) is 24.7 Å². The zero-order chi connectivity index (χ0) is 12.0. The van der Waals surface area contributed by atoms with Crippen molar-refractivity contribution in [1.29, 1.82) is 0 Å². The van der Waals surface area contributed by atoms with Gasteiger partial charge in [-0.2, -0.15) is 0 Å². The summed E-state index contributed by atoms with van der Waals surface area (Å²) in [6, 6.07) is 4.69. The van der Waals surface area contributed by atoms with E-state index in [4.69, 9.17) is 10.8 Å². The number of rotatable bonds is 5. The van der Waals surface area contributed by atoms with Crippen molar-refractivity contribution in [2.45, 2.75) is 6.42 Å². The fourth-order valence-corrected chi connectivity index (χ4v) is 1.29. The molecule has 4 nitrogen and oxygen atoms in total. The van der Waals surface area contributed by atoms with E-state index in [0.717, 1.165) is 18.5 Å². The summed E-state index contributed by atoms with van der Waals surface area (Å²) in [6.45, 7) is 0.884. The first-order valence-electron chi connectivity index (χ1n) is 5.09. The second-order valence-electron chi connectivity index (χ2n) is 3.44. The number of hydrogen-bond acceptors (Lipinski definition) is 3. The van der Waals surface area contributed by atoms with E-state index < -0.39 is 5.97 Å². The average Bonchev–Trinajstić information content (AvgIpc) is 2.26. The molecule has 0 heterocycles. The minimum atomic E-state index is -0.940. The molecule has 0 aliphatic rings. The van der Waals surface area contributed by atoms with Gasteiger partial charge in [0.15, 0.2) is 0 Å². The summed E-state index contributed by atoms with van der Waals surface area (Å²) >= 11 is 0. The van der Waals surface area contributed by atoms with Gasteiger partial charge in [0, 0.05) is 5.69 Å². The number of nitrogen functional groups attached to an aromatic ring is 1. The van der Waals surface area contributed by atoms with Crippen molar-refractivity contribution in [2.24, 2.45) is 0 Å². The zero-order valence-corrected chi connectivity index (χ0v) is 9.23. The summed E-state index contributed by atoms with van der Waals surface area (Å²) in [6.07, 6.45) is 4.69. The van der Waals surface area contributed by atoms with Crippen LogP contribution < -0.4 is 11.1 Å². The zero-order valence-electron chi connectivity index (χ0n) is 9.23. The number of nitrogens with one attached hydrogen (secondary N) is 1. The molecule has 1 rings (SSSR count). The van der Waals surface area contributed by atoms with Crippen LogP contribution in [0.15, 0.2) is 24.3 Å². The van der Waals surface area contributed by atoms with E-state index in [1.54, 1.807) is 12.1 Å². The molecule has 16 heavy (non-hydrogen) atoms. The summed E-state index contributed by atoms with van der Waals surface area (Å²) in [5, 5.41) is 11.9. The van der Waals surface area contributed by atoms with E-state index >= 15 is 0 Å². The van der Waals surface area contributed by atoms with Crippen molar-refractivity contribution in [2.75, 3.05) is 19.3 Å². The van der Waals surface area contributed by atoms with Gasteiger partial charge in [-0.25, -0.2) is 4.79 Å². The number of carbonyl (C=O) groups is 1. The van der Waals surface area contributed by atoms with E-state index in [-0.39, 0.29) is 5.56 Å². The van der Waals surface area contributed by atoms with Gasteiger partial charge in [-0.15, -0.1) is 0 Å². The Hall–Kier alpha value is -1.81. The molecule has 0 saturated heterocycles. The molecule has 4 heteroatoms. The molecule has 0 aliphatic carbocycles. The van der Waals surface area contributed by atoms with Crippen molar-refractivity contribution >= 4 is 17.7 Å². The van der Waals surface area contributed by atoms with Crippen molar-refractivity contribution in [1.82, 2.24) is 5.32 Å². The number of aromatic carboxylic acids is 1. The highest BCUT2D eigenvalue weighted by molar-refractivity contribution is 5.89. The fourth-order valence-electron chi connectivity index (χ4n) is 1.29. The van der Waals surface area contributed by atoms with Crippen molar-refractivity contribution in [3.63, 3.8) is 0 Å². The van der Waals surface area contributed by atoms with Gasteiger partial charge >= 0.3 is 5.97 Å². The summed E-state index contributed by atoms with van der Waals surface area (Å²) in [4.78, 5) is 10.8. The predicted molar refractivity (Wildman–Crippen MR) is 65.4 cm³/mol. The smallest absolute Gasteiger partial charge is 0.335 e. The lowest BCUT2D eigenvalue weighted by molar-refractivity contribution is 0.0697. The van der Waals surface area contributed by atoms with Crippen molar-refractivity contribution in [3.05, 3.63) is 35.4 Å². The topological polar surface area (TPSA) is 75.3 Å². The number of nitrogens with two attached hydrogens (primary N) is 1. The third kappa shape index (κ3) is 3.40. The highest BCUT2D eigenvalue weighted by Gasteiger charge is 2.04. The molecule has 0 radical (unpaired) electrons. The Bertz CT molecular complexity index is 400. The van der Waals surface area contributed by atoms with Crippen LogP contribution in [0.1, 0.15) is 22.3 Å². The molecule has 86 valence electrons. The lowest BCUT2D eigenvalue weighted by atomic mass is 10.1. The minimum absolute atomic E-state index is 0.252. The highest BCUT2D eigenvalue weighted by atomic mass is 16.4.